The van der Waals surface area contributed by atoms with E-state index in [1.54, 1.807) is 11.0 Å². The predicted octanol–water partition coefficient (Wildman–Crippen LogP) is 1.16. The average molecular weight is 276 g/mol. The molecule has 0 atom stereocenters. The molecule has 1 nitrogen and oxygen atoms in total. The molecule has 0 saturated heterocycles. The summed E-state index contributed by atoms with van der Waals surface area (Å²) in [6.07, 6.45) is 1.89. The molecule has 0 saturated carbocycles. The van der Waals surface area contributed by atoms with Crippen molar-refractivity contribution < 1.29 is 0 Å². The Hall–Kier alpha value is 1.57. The van der Waals surface area contributed by atoms with Crippen molar-refractivity contribution in [2.75, 3.05) is 6.54 Å². The number of nitrogens with zero attached hydrogens (tertiary/aromatic N) is 1. The summed E-state index contributed by atoms with van der Waals surface area (Å²) >= 11 is 5.10. The molecule has 0 aliphatic carbocycles. The first-order valence-corrected chi connectivity index (χ1v) is 6.56. The van der Waals surface area contributed by atoms with Gasteiger partial charge >= 0.3 is 77.4 Å². The molecule has 0 aromatic heterocycles. The summed E-state index contributed by atoms with van der Waals surface area (Å²) in [6.45, 7) is 4.57. The van der Waals surface area contributed by atoms with Crippen LogP contribution in [0.2, 0.25) is 0 Å². The van der Waals surface area contributed by atoms with Crippen LogP contribution in [0.3, 0.4) is 0 Å². The van der Waals surface area contributed by atoms with E-state index < -0.39 is 0 Å². The van der Waals surface area contributed by atoms with Crippen LogP contribution >= 0.6 is 32.5 Å². The Morgan fingerprint density at radius 1 is 1.88 bits per heavy atom. The van der Waals surface area contributed by atoms with E-state index >= 15 is 0 Å². The molecule has 0 N–H and O–H groups in total. The zero-order valence-corrected chi connectivity index (χ0v) is 10.1. The molecule has 0 spiro atoms. The van der Waals surface area contributed by atoms with Gasteiger partial charge in [0.25, 0.3) is 0 Å². The minimum absolute atomic E-state index is 0.959. The SMILES string of the molecule is C=CC[N]([SbH2])SSS. The molecule has 5 heteroatoms. The average Bonchev–Trinajstić information content (AvgIpc) is 1.68. The second-order valence-corrected chi connectivity index (χ2v) is 6.89. The first kappa shape index (κ1) is 9.57. The van der Waals surface area contributed by atoms with Gasteiger partial charge in [0.05, 0.1) is 0 Å². The van der Waals surface area contributed by atoms with Gasteiger partial charge in [0, 0.05) is 0 Å². The van der Waals surface area contributed by atoms with Crippen molar-refractivity contribution in [3.05, 3.63) is 12.7 Å². The van der Waals surface area contributed by atoms with Crippen molar-refractivity contribution >= 4 is 55.8 Å². The summed E-state index contributed by atoms with van der Waals surface area (Å²) < 4.78 is 2.18. The third-order valence-electron chi connectivity index (χ3n) is 0.438. The van der Waals surface area contributed by atoms with Crippen molar-refractivity contribution in [3.63, 3.8) is 0 Å². The predicted molar refractivity (Wildman–Crippen MR) is 49.6 cm³/mol. The molecule has 48 valence electrons. The molecule has 0 fully saturated rings. The van der Waals surface area contributed by atoms with Crippen molar-refractivity contribution in [1.29, 1.82) is 0 Å². The Bertz CT molecular complexity index is 69.5. The van der Waals surface area contributed by atoms with Crippen molar-refractivity contribution in [1.82, 2.24) is 2.46 Å². The Labute approximate surface area is 76.8 Å². The Kier molecular flexibility index (Phi) is 8.00. The third-order valence-corrected chi connectivity index (χ3v) is 5.03. The van der Waals surface area contributed by atoms with Gasteiger partial charge in [-0.2, -0.15) is 0 Å². The van der Waals surface area contributed by atoms with E-state index in [0.29, 0.717) is 0 Å². The quantitative estimate of drug-likeness (QED) is 0.270. The van der Waals surface area contributed by atoms with Gasteiger partial charge in [-0.1, -0.05) is 0 Å². The van der Waals surface area contributed by atoms with Gasteiger partial charge in [-0.25, -0.2) is 0 Å². The van der Waals surface area contributed by atoms with Crippen molar-refractivity contribution in [2.45, 2.75) is 0 Å². The maximum absolute atomic E-state index is 3.98. The fourth-order valence-corrected chi connectivity index (χ4v) is 5.05. The maximum atomic E-state index is 3.98. The van der Waals surface area contributed by atoms with Gasteiger partial charge in [0.15, 0.2) is 0 Å². The van der Waals surface area contributed by atoms with E-state index in [1.165, 1.54) is 9.83 Å². The topological polar surface area (TPSA) is 3.24 Å². The van der Waals surface area contributed by atoms with Crippen molar-refractivity contribution in [2.24, 2.45) is 0 Å². The standard InChI is InChI=1S/C3H6NS3.Sb.2H/c1-2-3-4-6-7-5;;;/h2,5H,1,3H2;;;/q-1;+1;;. The van der Waals surface area contributed by atoms with Crippen LogP contribution in [-0.4, -0.2) is 32.3 Å². The van der Waals surface area contributed by atoms with Crippen LogP contribution in [0.5, 0.6) is 0 Å². The van der Waals surface area contributed by atoms with E-state index in [1.807, 2.05) is 6.08 Å². The first-order chi connectivity index (χ1) is 3.81. The number of thiol groups is 1. The zero-order valence-electron chi connectivity index (χ0n) is 4.28. The molecular formula is C3H8NS3Sb. The van der Waals surface area contributed by atoms with Gasteiger partial charge in [0.2, 0.25) is 0 Å². The molecule has 0 aliphatic heterocycles. The summed E-state index contributed by atoms with van der Waals surface area (Å²) in [4.78, 5) is 0. The van der Waals surface area contributed by atoms with Crippen LogP contribution in [0.1, 0.15) is 0 Å². The zero-order chi connectivity index (χ0) is 6.41. The molecule has 0 heterocycles. The summed E-state index contributed by atoms with van der Waals surface area (Å²) in [5.41, 5.74) is 0. The Morgan fingerprint density at radius 3 is 2.88 bits per heavy atom. The van der Waals surface area contributed by atoms with E-state index in [-0.39, 0.29) is 0 Å². The van der Waals surface area contributed by atoms with Crippen LogP contribution in [0.4, 0.5) is 0 Å². The summed E-state index contributed by atoms with van der Waals surface area (Å²) in [5.74, 6) is 0. The molecule has 0 rings (SSSR count). The summed E-state index contributed by atoms with van der Waals surface area (Å²) in [6, 6.07) is 0. The Morgan fingerprint density at radius 2 is 2.50 bits per heavy atom. The number of rotatable bonds is 4. The normalized spacial score (nSPS) is 9.88. The number of hydrogen-bond donors (Lipinski definition) is 1. The van der Waals surface area contributed by atoms with Gasteiger partial charge in [-0.05, 0) is 0 Å². The van der Waals surface area contributed by atoms with E-state index in [0.717, 1.165) is 29.8 Å². The third kappa shape index (κ3) is 5.70. The molecule has 0 bridgehead atoms. The second-order valence-electron chi connectivity index (χ2n) is 1.04. The van der Waals surface area contributed by atoms with Crippen LogP contribution in [0.25, 0.3) is 0 Å². The van der Waals surface area contributed by atoms with Crippen LogP contribution < -0.4 is 0 Å². The summed E-state index contributed by atoms with van der Waals surface area (Å²) in [7, 11) is 3.13. The van der Waals surface area contributed by atoms with Gasteiger partial charge in [-0.15, -0.1) is 0 Å². The number of hydrogen-bond acceptors (Lipinski definition) is 4. The second kappa shape index (κ2) is 6.68. The van der Waals surface area contributed by atoms with E-state index in [9.17, 15) is 0 Å². The first-order valence-electron chi connectivity index (χ1n) is 1.92. The fraction of sp³-hybridized carbons (Fsp3) is 0.333. The van der Waals surface area contributed by atoms with E-state index in [2.05, 4.69) is 20.7 Å². The molecule has 0 unspecified atom stereocenters. The molecule has 8 heavy (non-hydrogen) atoms. The van der Waals surface area contributed by atoms with Gasteiger partial charge in [-0.3, -0.25) is 0 Å². The van der Waals surface area contributed by atoms with E-state index in [4.69, 9.17) is 0 Å². The van der Waals surface area contributed by atoms with Gasteiger partial charge in [0.1, 0.15) is 0 Å². The Balaban J connectivity index is 3.03. The molecule has 0 aromatic rings. The van der Waals surface area contributed by atoms with Crippen LogP contribution in [0.15, 0.2) is 12.7 Å². The monoisotopic (exact) mass is 275 g/mol. The molecule has 0 aromatic carbocycles. The molecule has 0 aliphatic rings. The van der Waals surface area contributed by atoms with Crippen LogP contribution in [0, 0.1) is 0 Å². The molecule has 0 amide bonds. The van der Waals surface area contributed by atoms with Gasteiger partial charge < -0.3 is 0 Å². The molecule has 0 radical (unpaired) electrons. The summed E-state index contributed by atoms with van der Waals surface area (Å²) in [5, 5.41) is 0. The van der Waals surface area contributed by atoms with Crippen molar-refractivity contribution in [3.8, 4) is 0 Å². The minimum atomic E-state index is 0.959. The molecular weight excluding hydrogens is 268 g/mol. The van der Waals surface area contributed by atoms with Crippen LogP contribution in [-0.2, 0) is 0 Å². The fourth-order valence-electron chi connectivity index (χ4n) is 0.200.